The van der Waals surface area contributed by atoms with Crippen LogP contribution < -0.4 is 5.32 Å². The highest BCUT2D eigenvalue weighted by molar-refractivity contribution is 8.14. The monoisotopic (exact) mass is 445 g/mol. The number of aryl methyl sites for hydroxylation is 2. The fourth-order valence-electron chi connectivity index (χ4n) is 4.31. The third-order valence-corrected chi connectivity index (χ3v) is 6.84. The Kier molecular flexibility index (Phi) is 5.21. The number of fused-ring (bicyclic) bond motifs is 2. The summed E-state index contributed by atoms with van der Waals surface area (Å²) < 4.78 is 16.7. The third-order valence-electron chi connectivity index (χ3n) is 5.79. The van der Waals surface area contributed by atoms with Crippen molar-refractivity contribution >= 4 is 39.2 Å². The Bertz CT molecular complexity index is 1360. The molecule has 0 spiro atoms. The minimum absolute atomic E-state index is 0.308. The Morgan fingerprint density at radius 2 is 1.97 bits per heavy atom. The van der Waals surface area contributed by atoms with Gasteiger partial charge in [-0.2, -0.15) is 5.10 Å². The van der Waals surface area contributed by atoms with E-state index in [1.807, 2.05) is 42.1 Å². The Morgan fingerprint density at radius 3 is 2.78 bits per heavy atom. The molecule has 1 aliphatic rings. The molecule has 1 aliphatic heterocycles. The van der Waals surface area contributed by atoms with Gasteiger partial charge in [-0.3, -0.25) is 10.1 Å². The molecule has 0 unspecified atom stereocenters. The van der Waals surface area contributed by atoms with Crippen molar-refractivity contribution in [1.82, 2.24) is 14.8 Å². The Labute approximate surface area is 190 Å². The van der Waals surface area contributed by atoms with Crippen LogP contribution in [0.3, 0.4) is 0 Å². The van der Waals surface area contributed by atoms with Crippen molar-refractivity contribution in [3.63, 3.8) is 0 Å². The van der Waals surface area contributed by atoms with E-state index in [-0.39, 0.29) is 5.82 Å². The number of hydrogen-bond donors (Lipinski definition) is 2. The minimum Gasteiger partial charge on any atom is -0.340 e. The van der Waals surface area contributed by atoms with Crippen LogP contribution in [0.5, 0.6) is 0 Å². The van der Waals surface area contributed by atoms with Gasteiger partial charge in [-0.1, -0.05) is 37.7 Å². The van der Waals surface area contributed by atoms with Crippen LogP contribution in [0.1, 0.15) is 37.4 Å². The zero-order chi connectivity index (χ0) is 22.4. The molecule has 32 heavy (non-hydrogen) atoms. The smallest absolute Gasteiger partial charge is 0.149 e. The first kappa shape index (κ1) is 20.7. The van der Waals surface area contributed by atoms with Gasteiger partial charge < -0.3 is 5.32 Å². The SMILES string of the molecule is CC(C)c1c2cc(-c3cc(Nc4ccc5c(c4)SC(=N)CC5)ncc3F)ccc2nn1C. The number of anilines is 2. The first-order chi connectivity index (χ1) is 15.4. The number of aromatic nitrogens is 3. The lowest BCUT2D eigenvalue weighted by Crippen LogP contribution is -2.04. The van der Waals surface area contributed by atoms with Crippen molar-refractivity contribution in [2.75, 3.05) is 5.32 Å². The quantitative estimate of drug-likeness (QED) is 0.369. The van der Waals surface area contributed by atoms with E-state index in [9.17, 15) is 4.39 Å². The van der Waals surface area contributed by atoms with Crippen molar-refractivity contribution in [3.8, 4) is 11.1 Å². The molecule has 4 aromatic rings. The highest BCUT2D eigenvalue weighted by atomic mass is 32.2. The van der Waals surface area contributed by atoms with E-state index in [2.05, 4.69) is 35.3 Å². The fourth-order valence-corrected chi connectivity index (χ4v) is 5.27. The van der Waals surface area contributed by atoms with Crippen molar-refractivity contribution in [2.45, 2.75) is 37.5 Å². The number of nitrogens with one attached hydrogen (secondary N) is 2. The van der Waals surface area contributed by atoms with Crippen LogP contribution in [0, 0.1) is 11.2 Å². The molecule has 2 N–H and O–H groups in total. The topological polar surface area (TPSA) is 66.6 Å². The molecule has 5 rings (SSSR count). The van der Waals surface area contributed by atoms with Crippen LogP contribution in [0.25, 0.3) is 22.0 Å². The van der Waals surface area contributed by atoms with Crippen molar-refractivity contribution in [2.24, 2.45) is 7.05 Å². The third kappa shape index (κ3) is 3.77. The summed E-state index contributed by atoms with van der Waals surface area (Å²) in [7, 11) is 1.95. The highest BCUT2D eigenvalue weighted by Crippen LogP contribution is 2.35. The van der Waals surface area contributed by atoms with Gasteiger partial charge in [0.15, 0.2) is 0 Å². The van der Waals surface area contributed by atoms with Crippen molar-refractivity contribution < 1.29 is 4.39 Å². The number of thioether (sulfide) groups is 1. The molecule has 2 aromatic carbocycles. The molecule has 0 saturated heterocycles. The van der Waals surface area contributed by atoms with Gasteiger partial charge in [0.05, 0.1) is 16.8 Å². The van der Waals surface area contributed by atoms with Crippen LogP contribution in [0.15, 0.2) is 53.6 Å². The molecule has 0 amide bonds. The van der Waals surface area contributed by atoms with E-state index >= 15 is 0 Å². The molecular weight excluding hydrogens is 421 g/mol. The van der Waals surface area contributed by atoms with Crippen LogP contribution in [-0.2, 0) is 13.5 Å². The number of nitrogens with zero attached hydrogens (tertiary/aromatic N) is 3. The first-order valence-corrected chi connectivity index (χ1v) is 11.5. The summed E-state index contributed by atoms with van der Waals surface area (Å²) in [6.07, 6.45) is 2.96. The summed E-state index contributed by atoms with van der Waals surface area (Å²) in [6, 6.07) is 13.7. The largest absolute Gasteiger partial charge is 0.340 e. The Hall–Kier alpha value is -3.19. The Balaban J connectivity index is 1.50. The maximum Gasteiger partial charge on any atom is 0.149 e. The van der Waals surface area contributed by atoms with Crippen LogP contribution in [0.2, 0.25) is 0 Å². The van der Waals surface area contributed by atoms with Crippen LogP contribution in [0.4, 0.5) is 15.9 Å². The van der Waals surface area contributed by atoms with Gasteiger partial charge in [-0.25, -0.2) is 9.37 Å². The van der Waals surface area contributed by atoms with E-state index < -0.39 is 0 Å². The number of pyridine rings is 1. The standard InChI is InChI=1S/C25H24FN5S/c1-14(2)25-19-10-16(5-8-21(19)30-31(25)3)18-12-24(28-13-20(18)26)29-17-7-4-15-6-9-23(27)32-22(15)11-17/h4-5,7-8,10-14,27H,6,9H2,1-3H3,(H,28,29). The lowest BCUT2D eigenvalue weighted by atomic mass is 10.0. The van der Waals surface area contributed by atoms with E-state index in [4.69, 9.17) is 5.41 Å². The normalized spacial score (nSPS) is 13.6. The zero-order valence-corrected chi connectivity index (χ0v) is 19.1. The second kappa shape index (κ2) is 8.06. The van der Waals surface area contributed by atoms with E-state index in [1.165, 1.54) is 23.5 Å². The summed E-state index contributed by atoms with van der Waals surface area (Å²) in [4.78, 5) is 5.34. The predicted molar refractivity (Wildman–Crippen MR) is 130 cm³/mol. The van der Waals surface area contributed by atoms with Crippen LogP contribution in [-0.4, -0.2) is 19.8 Å². The lowest BCUT2D eigenvalue weighted by Gasteiger charge is -2.17. The number of rotatable bonds is 4. The molecule has 0 aliphatic carbocycles. The minimum atomic E-state index is -0.362. The zero-order valence-electron chi connectivity index (χ0n) is 18.2. The number of benzene rings is 2. The highest BCUT2D eigenvalue weighted by Gasteiger charge is 2.16. The molecule has 0 atom stereocenters. The maximum atomic E-state index is 14.8. The summed E-state index contributed by atoms with van der Waals surface area (Å²) in [5.41, 5.74) is 5.47. The van der Waals surface area contributed by atoms with E-state index in [1.54, 1.807) is 6.07 Å². The van der Waals surface area contributed by atoms with Gasteiger partial charge in [0.25, 0.3) is 0 Å². The second-order valence-electron chi connectivity index (χ2n) is 8.42. The molecule has 7 heteroatoms. The second-order valence-corrected chi connectivity index (χ2v) is 9.55. The molecule has 2 aromatic heterocycles. The van der Waals surface area contributed by atoms with Gasteiger partial charge in [0, 0.05) is 34.3 Å². The first-order valence-electron chi connectivity index (χ1n) is 10.7. The summed E-state index contributed by atoms with van der Waals surface area (Å²) >= 11 is 1.50. The van der Waals surface area contributed by atoms with Crippen LogP contribution >= 0.6 is 11.8 Å². The van der Waals surface area contributed by atoms with Crippen molar-refractivity contribution in [3.05, 3.63) is 65.7 Å². The Morgan fingerprint density at radius 1 is 1.12 bits per heavy atom. The molecule has 0 bridgehead atoms. The van der Waals surface area contributed by atoms with Gasteiger partial charge in [0.2, 0.25) is 0 Å². The predicted octanol–water partition coefficient (Wildman–Crippen LogP) is 6.66. The molecule has 0 fully saturated rings. The fraction of sp³-hybridized carbons (Fsp3) is 0.240. The van der Waals surface area contributed by atoms with Gasteiger partial charge in [-0.05, 0) is 60.2 Å². The average Bonchev–Trinajstić information content (AvgIpc) is 3.10. The molecule has 162 valence electrons. The van der Waals surface area contributed by atoms with Gasteiger partial charge in [-0.15, -0.1) is 0 Å². The van der Waals surface area contributed by atoms with E-state index in [0.29, 0.717) is 22.3 Å². The van der Waals surface area contributed by atoms with Crippen molar-refractivity contribution in [1.29, 1.82) is 5.41 Å². The number of hydrogen-bond acceptors (Lipinski definition) is 5. The maximum absolute atomic E-state index is 14.8. The number of halogens is 1. The molecular formula is C25H24FN5S. The van der Waals surface area contributed by atoms with Gasteiger partial charge in [0.1, 0.15) is 11.6 Å². The summed E-state index contributed by atoms with van der Waals surface area (Å²) in [5, 5.41) is 17.6. The molecule has 0 radical (unpaired) electrons. The summed E-state index contributed by atoms with van der Waals surface area (Å²) in [5.74, 6) is 0.523. The molecule has 5 nitrogen and oxygen atoms in total. The van der Waals surface area contributed by atoms with E-state index in [0.717, 1.165) is 45.6 Å². The average molecular weight is 446 g/mol. The summed E-state index contributed by atoms with van der Waals surface area (Å²) in [6.45, 7) is 4.27. The lowest BCUT2D eigenvalue weighted by molar-refractivity contribution is 0.625. The van der Waals surface area contributed by atoms with Gasteiger partial charge >= 0.3 is 0 Å². The molecule has 0 saturated carbocycles. The molecule has 3 heterocycles.